The summed E-state index contributed by atoms with van der Waals surface area (Å²) in [5.41, 5.74) is 7.82. The van der Waals surface area contributed by atoms with E-state index in [9.17, 15) is 25.0 Å². The average molecular weight is 435 g/mol. The number of hydrogen-bond acceptors (Lipinski definition) is 8. The molecule has 10 nitrogen and oxygen atoms in total. The number of rotatable bonds is 4. The van der Waals surface area contributed by atoms with Gasteiger partial charge in [0.05, 0.1) is 21.6 Å². The molecule has 0 amide bonds. The fourth-order valence-electron chi connectivity index (χ4n) is 5.18. The largest absolute Gasteiger partial charge is 0.367 e. The number of nitrogens with one attached hydrogen (secondary N) is 1. The predicted molar refractivity (Wildman–Crippen MR) is 119 cm³/mol. The molecule has 2 unspecified atom stereocenters. The van der Waals surface area contributed by atoms with Crippen molar-refractivity contribution in [1.29, 1.82) is 0 Å². The number of hydrogen-bond donors (Lipinski definition) is 1. The van der Waals surface area contributed by atoms with Crippen molar-refractivity contribution < 1.29 is 14.6 Å². The molecule has 5 rings (SSSR count). The third-order valence-corrected chi connectivity index (χ3v) is 6.62. The van der Waals surface area contributed by atoms with Gasteiger partial charge in [-0.25, -0.2) is 0 Å². The van der Waals surface area contributed by atoms with E-state index in [1.807, 2.05) is 13.0 Å². The molecule has 2 heterocycles. The van der Waals surface area contributed by atoms with Crippen LogP contribution in [0.5, 0.6) is 0 Å². The van der Waals surface area contributed by atoms with E-state index in [0.717, 1.165) is 52.7 Å². The van der Waals surface area contributed by atoms with Crippen LogP contribution >= 0.6 is 0 Å². The second kappa shape index (κ2) is 7.11. The molecule has 0 aromatic heterocycles. The van der Waals surface area contributed by atoms with E-state index in [2.05, 4.69) is 22.4 Å². The van der Waals surface area contributed by atoms with Crippen LogP contribution < -0.4 is 10.3 Å². The maximum atomic E-state index is 12.6. The van der Waals surface area contributed by atoms with E-state index in [0.29, 0.717) is 12.8 Å². The second-order valence-corrected chi connectivity index (χ2v) is 8.63. The number of nitro benzene ring substituents is 2. The van der Waals surface area contributed by atoms with Crippen LogP contribution in [0.15, 0.2) is 29.4 Å². The maximum absolute atomic E-state index is 12.6. The molecule has 32 heavy (non-hydrogen) atoms. The summed E-state index contributed by atoms with van der Waals surface area (Å²) in [6, 6.07) is 5.66. The molecule has 1 aliphatic carbocycles. The van der Waals surface area contributed by atoms with Crippen molar-refractivity contribution in [2.75, 3.05) is 16.9 Å². The highest BCUT2D eigenvalue weighted by molar-refractivity contribution is 6.14. The number of hydrazone groups is 1. The molecule has 2 atom stereocenters. The van der Waals surface area contributed by atoms with Gasteiger partial charge in [-0.15, -0.1) is 0 Å². The van der Waals surface area contributed by atoms with Gasteiger partial charge in [-0.05, 0) is 42.5 Å². The minimum Gasteiger partial charge on any atom is -0.367 e. The summed E-state index contributed by atoms with van der Waals surface area (Å²) >= 11 is 0. The third kappa shape index (κ3) is 2.94. The Kier molecular flexibility index (Phi) is 4.47. The summed E-state index contributed by atoms with van der Waals surface area (Å²) in [6.45, 7) is 5.05. The molecule has 0 spiro atoms. The fraction of sp³-hybridized carbons (Fsp3) is 0.364. The zero-order valence-electron chi connectivity index (χ0n) is 17.6. The highest BCUT2D eigenvalue weighted by Gasteiger charge is 2.40. The zero-order chi connectivity index (χ0) is 22.7. The molecule has 0 radical (unpaired) electrons. The van der Waals surface area contributed by atoms with E-state index in [4.69, 9.17) is 0 Å². The van der Waals surface area contributed by atoms with E-state index in [1.165, 1.54) is 12.1 Å². The Balaban J connectivity index is 1.62. The van der Waals surface area contributed by atoms with E-state index >= 15 is 0 Å². The van der Waals surface area contributed by atoms with Crippen LogP contribution in [-0.4, -0.2) is 33.9 Å². The number of ketones is 1. The van der Waals surface area contributed by atoms with Crippen LogP contribution in [0.3, 0.4) is 0 Å². The van der Waals surface area contributed by atoms with Crippen molar-refractivity contribution in [2.45, 2.75) is 45.1 Å². The number of fused-ring (bicyclic) bond motifs is 2. The average Bonchev–Trinajstić information content (AvgIpc) is 3.30. The molecule has 164 valence electrons. The lowest BCUT2D eigenvalue weighted by Gasteiger charge is -2.36. The van der Waals surface area contributed by atoms with Crippen molar-refractivity contribution >= 4 is 34.2 Å². The molecule has 0 saturated carbocycles. The van der Waals surface area contributed by atoms with Crippen molar-refractivity contribution in [3.63, 3.8) is 0 Å². The highest BCUT2D eigenvalue weighted by atomic mass is 16.6. The van der Waals surface area contributed by atoms with Crippen molar-refractivity contribution in [3.05, 3.63) is 66.7 Å². The van der Waals surface area contributed by atoms with Gasteiger partial charge in [-0.1, -0.05) is 6.92 Å². The number of Topliss-reactive ketones (excluding diaryl/α,β-unsaturated/α-hetero) is 1. The van der Waals surface area contributed by atoms with E-state index in [1.54, 1.807) is 0 Å². The van der Waals surface area contributed by atoms with Crippen molar-refractivity contribution in [3.8, 4) is 0 Å². The Hall–Kier alpha value is -3.82. The Labute approximate surface area is 183 Å². The van der Waals surface area contributed by atoms with Gasteiger partial charge in [-0.3, -0.25) is 30.4 Å². The lowest BCUT2D eigenvalue weighted by atomic mass is 9.85. The van der Waals surface area contributed by atoms with Crippen LogP contribution in [0.25, 0.3) is 0 Å². The molecule has 0 fully saturated rings. The summed E-state index contributed by atoms with van der Waals surface area (Å²) in [7, 11) is 0. The van der Waals surface area contributed by atoms with Crippen LogP contribution in [0, 0.1) is 20.2 Å². The predicted octanol–water partition coefficient (Wildman–Crippen LogP) is 4.16. The van der Waals surface area contributed by atoms with Gasteiger partial charge in [0.15, 0.2) is 5.78 Å². The fourth-order valence-corrected chi connectivity index (χ4v) is 5.18. The molecule has 2 aliphatic heterocycles. The molecule has 0 saturated heterocycles. The summed E-state index contributed by atoms with van der Waals surface area (Å²) in [5, 5.41) is 27.0. The number of benzene rings is 2. The molecule has 10 heteroatoms. The van der Waals surface area contributed by atoms with Gasteiger partial charge in [-0.2, -0.15) is 5.10 Å². The molecule has 1 N–H and O–H groups in total. The first-order chi connectivity index (χ1) is 15.3. The summed E-state index contributed by atoms with van der Waals surface area (Å²) in [5.74, 6) is 0.217. The lowest BCUT2D eigenvalue weighted by Crippen LogP contribution is -2.39. The quantitative estimate of drug-likeness (QED) is 0.563. The van der Waals surface area contributed by atoms with Crippen LogP contribution in [-0.2, 0) is 6.42 Å². The number of nitro groups is 2. The van der Waals surface area contributed by atoms with E-state index < -0.39 is 15.5 Å². The van der Waals surface area contributed by atoms with Gasteiger partial charge in [0.2, 0.25) is 0 Å². The van der Waals surface area contributed by atoms with Crippen LogP contribution in [0.1, 0.15) is 59.7 Å². The Bertz CT molecular complexity index is 1240. The van der Waals surface area contributed by atoms with Gasteiger partial charge < -0.3 is 4.90 Å². The third-order valence-electron chi connectivity index (χ3n) is 6.62. The summed E-state index contributed by atoms with van der Waals surface area (Å²) < 4.78 is 0. The topological polar surface area (TPSA) is 131 Å². The Morgan fingerprint density at radius 2 is 1.91 bits per heavy atom. The Morgan fingerprint density at radius 3 is 2.62 bits per heavy atom. The second-order valence-electron chi connectivity index (χ2n) is 8.63. The van der Waals surface area contributed by atoms with Gasteiger partial charge in [0.1, 0.15) is 5.69 Å². The molecular formula is C22H21N5O5. The normalized spacial score (nSPS) is 22.1. The molecule has 3 aliphatic rings. The summed E-state index contributed by atoms with van der Waals surface area (Å²) in [6.07, 6.45) is 1.96. The van der Waals surface area contributed by atoms with Gasteiger partial charge >= 0.3 is 5.69 Å². The molecular weight excluding hydrogens is 414 g/mol. The monoisotopic (exact) mass is 435 g/mol. The maximum Gasteiger partial charge on any atom is 0.301 e. The first-order valence-electron chi connectivity index (χ1n) is 10.5. The van der Waals surface area contributed by atoms with E-state index in [-0.39, 0.29) is 29.1 Å². The minimum absolute atomic E-state index is 0.0765. The minimum atomic E-state index is -0.672. The number of carbonyl (C=O) groups excluding carboxylic acids is 1. The number of non-ortho nitro benzene ring substituents is 1. The highest BCUT2D eigenvalue weighted by Crippen LogP contribution is 2.47. The first-order valence-corrected chi connectivity index (χ1v) is 10.5. The molecule has 2 aromatic carbocycles. The summed E-state index contributed by atoms with van der Waals surface area (Å²) in [4.78, 5) is 36.1. The standard InChI is InChI=1S/C22H21N5O5/c1-11-7-19(28)15-9-13-5-6-25-12(2)8-17(21(20(11)15)22(13)25)24-23-16-4-3-14(26(29)30)10-18(16)27(31)32/h3-4,9-12,23H,5-8H2,1-2H3/b24-17+. The van der Waals surface area contributed by atoms with Crippen LogP contribution in [0.4, 0.5) is 22.7 Å². The first kappa shape index (κ1) is 20.1. The Morgan fingerprint density at radius 1 is 1.12 bits per heavy atom. The van der Waals surface area contributed by atoms with Crippen molar-refractivity contribution in [1.82, 2.24) is 0 Å². The lowest BCUT2D eigenvalue weighted by molar-refractivity contribution is -0.393. The van der Waals surface area contributed by atoms with Crippen LogP contribution in [0.2, 0.25) is 0 Å². The number of carbonyl (C=O) groups is 1. The van der Waals surface area contributed by atoms with Gasteiger partial charge in [0.25, 0.3) is 5.69 Å². The SMILES string of the molecule is CC1CC(=O)c2cc3c4c(c21)/C(=N/Nc1ccc([N+](=O)[O-])cc1[N+](=O)[O-])CC(C)N4CC3. The number of anilines is 2. The molecule has 0 bridgehead atoms. The van der Waals surface area contributed by atoms with Crippen molar-refractivity contribution in [2.24, 2.45) is 5.10 Å². The number of nitrogens with zero attached hydrogens (tertiary/aromatic N) is 4. The smallest absolute Gasteiger partial charge is 0.301 e. The molecule has 2 aromatic rings. The zero-order valence-corrected chi connectivity index (χ0v) is 17.6. The van der Waals surface area contributed by atoms with Gasteiger partial charge in [0, 0.05) is 48.3 Å².